The molecule has 2 rings (SSSR count). The summed E-state index contributed by atoms with van der Waals surface area (Å²) in [5, 5.41) is 4.25. The molecule has 0 spiro atoms. The van der Waals surface area contributed by atoms with Crippen LogP contribution >= 0.6 is 0 Å². The van der Waals surface area contributed by atoms with Gasteiger partial charge in [-0.2, -0.15) is 0 Å². The SMILES string of the molecule is COc1ccc(Cn2nccc2[AsH2])cc1. The molecule has 1 unspecified atom stereocenters. The Morgan fingerprint density at radius 2 is 2.00 bits per heavy atom. The zero-order chi connectivity index (χ0) is 10.7. The summed E-state index contributed by atoms with van der Waals surface area (Å²) >= 11 is 1.59. The van der Waals surface area contributed by atoms with Crippen molar-refractivity contribution in [3.05, 3.63) is 42.1 Å². The van der Waals surface area contributed by atoms with E-state index < -0.39 is 0 Å². The molecule has 0 aliphatic carbocycles. The van der Waals surface area contributed by atoms with Gasteiger partial charge in [-0.05, 0) is 0 Å². The predicted molar refractivity (Wildman–Crippen MR) is 62.5 cm³/mol. The van der Waals surface area contributed by atoms with Gasteiger partial charge in [0, 0.05) is 0 Å². The van der Waals surface area contributed by atoms with Gasteiger partial charge in [0.2, 0.25) is 0 Å². The predicted octanol–water partition coefficient (Wildman–Crippen LogP) is 0.198. The minimum absolute atomic E-state index is 0.824. The van der Waals surface area contributed by atoms with Crippen LogP contribution in [-0.2, 0) is 6.54 Å². The molecule has 0 saturated carbocycles. The fourth-order valence-electron chi connectivity index (χ4n) is 1.38. The van der Waals surface area contributed by atoms with Gasteiger partial charge in [-0.3, -0.25) is 0 Å². The average molecular weight is 264 g/mol. The maximum atomic E-state index is 5.11. The first kappa shape index (κ1) is 10.3. The number of rotatable bonds is 3. The van der Waals surface area contributed by atoms with Crippen LogP contribution < -0.4 is 9.22 Å². The number of ether oxygens (including phenoxy) is 1. The van der Waals surface area contributed by atoms with E-state index in [-0.39, 0.29) is 0 Å². The van der Waals surface area contributed by atoms with Crippen molar-refractivity contribution in [1.29, 1.82) is 0 Å². The van der Waals surface area contributed by atoms with Crippen molar-refractivity contribution in [1.82, 2.24) is 9.78 Å². The Balaban J connectivity index is 2.14. The molecule has 1 atom stereocenters. The summed E-state index contributed by atoms with van der Waals surface area (Å²) in [6.07, 6.45) is 1.83. The fraction of sp³-hybridized carbons (Fsp3) is 0.182. The minimum atomic E-state index is 0.824. The molecule has 78 valence electrons. The number of aromatic nitrogens is 2. The Bertz CT molecular complexity index is 436. The summed E-state index contributed by atoms with van der Waals surface area (Å²) in [6, 6.07) is 10.1. The molecule has 0 amide bonds. The summed E-state index contributed by atoms with van der Waals surface area (Å²) in [5.41, 5.74) is 1.23. The van der Waals surface area contributed by atoms with Gasteiger partial charge < -0.3 is 0 Å². The van der Waals surface area contributed by atoms with E-state index in [1.54, 1.807) is 24.0 Å². The van der Waals surface area contributed by atoms with Gasteiger partial charge in [0.25, 0.3) is 0 Å². The molecule has 0 bridgehead atoms. The Labute approximate surface area is 97.6 Å². The van der Waals surface area contributed by atoms with E-state index in [0.29, 0.717) is 0 Å². The third kappa shape index (κ3) is 2.42. The number of nitrogens with zero attached hydrogens (tertiary/aromatic N) is 2. The van der Waals surface area contributed by atoms with Crippen LogP contribution in [0.3, 0.4) is 0 Å². The Morgan fingerprint density at radius 3 is 2.53 bits per heavy atom. The molecule has 2 aromatic rings. The van der Waals surface area contributed by atoms with Crippen LogP contribution in [0, 0.1) is 0 Å². The van der Waals surface area contributed by atoms with Gasteiger partial charge in [-0.1, -0.05) is 0 Å². The molecule has 0 saturated heterocycles. The van der Waals surface area contributed by atoms with Crippen molar-refractivity contribution in [2.45, 2.75) is 6.54 Å². The van der Waals surface area contributed by atoms with E-state index in [1.807, 2.05) is 29.1 Å². The molecule has 1 aromatic heterocycles. The summed E-state index contributed by atoms with van der Waals surface area (Å²) in [7, 11) is 1.68. The fourth-order valence-corrected chi connectivity index (χ4v) is 1.89. The molecule has 0 aliphatic rings. The zero-order valence-electron chi connectivity index (χ0n) is 8.55. The van der Waals surface area contributed by atoms with E-state index in [9.17, 15) is 0 Å². The van der Waals surface area contributed by atoms with E-state index >= 15 is 0 Å². The molecule has 3 nitrogen and oxygen atoms in total. The molecule has 0 aliphatic heterocycles. The Morgan fingerprint density at radius 1 is 1.27 bits per heavy atom. The van der Waals surface area contributed by atoms with Gasteiger partial charge in [-0.15, -0.1) is 0 Å². The molecule has 0 radical (unpaired) electrons. The van der Waals surface area contributed by atoms with E-state index in [2.05, 4.69) is 17.2 Å². The zero-order valence-corrected chi connectivity index (χ0v) is 11.0. The number of benzene rings is 1. The van der Waals surface area contributed by atoms with Crippen molar-refractivity contribution in [3.63, 3.8) is 0 Å². The second kappa shape index (κ2) is 4.54. The molecular weight excluding hydrogens is 251 g/mol. The summed E-state index contributed by atoms with van der Waals surface area (Å²) in [6.45, 7) is 0.824. The normalized spacial score (nSPS) is 10.3. The summed E-state index contributed by atoms with van der Waals surface area (Å²) in [4.78, 5) is 0. The average Bonchev–Trinajstić information content (AvgIpc) is 2.66. The van der Waals surface area contributed by atoms with Crippen molar-refractivity contribution in [2.24, 2.45) is 0 Å². The summed E-state index contributed by atoms with van der Waals surface area (Å²) in [5.74, 6) is 0.889. The maximum absolute atomic E-state index is 5.11. The molecule has 0 fully saturated rings. The molecule has 4 heteroatoms. The van der Waals surface area contributed by atoms with Crippen LogP contribution in [-0.4, -0.2) is 33.7 Å². The first-order valence-electron chi connectivity index (χ1n) is 4.70. The monoisotopic (exact) mass is 264 g/mol. The first-order chi connectivity index (χ1) is 7.29. The van der Waals surface area contributed by atoms with Crippen LogP contribution in [0.5, 0.6) is 5.75 Å². The second-order valence-corrected chi connectivity index (χ2v) is 4.50. The van der Waals surface area contributed by atoms with E-state index in [1.165, 1.54) is 10.0 Å². The van der Waals surface area contributed by atoms with Crippen molar-refractivity contribution in [2.75, 3.05) is 7.11 Å². The molecule has 0 N–H and O–H groups in total. The Kier molecular flexibility index (Phi) is 3.12. The van der Waals surface area contributed by atoms with Gasteiger partial charge >= 0.3 is 97.3 Å². The van der Waals surface area contributed by atoms with Crippen molar-refractivity contribution in [3.8, 4) is 5.75 Å². The molecular formula is C11H13AsN2O. The molecule has 1 heterocycles. The molecule has 1 aromatic carbocycles. The third-order valence-electron chi connectivity index (χ3n) is 2.24. The van der Waals surface area contributed by atoms with Crippen LogP contribution in [0.4, 0.5) is 0 Å². The van der Waals surface area contributed by atoms with Crippen LogP contribution in [0.25, 0.3) is 0 Å². The van der Waals surface area contributed by atoms with Crippen molar-refractivity contribution < 1.29 is 4.74 Å². The van der Waals surface area contributed by atoms with E-state index in [0.717, 1.165) is 12.3 Å². The molecule has 15 heavy (non-hydrogen) atoms. The quantitative estimate of drug-likeness (QED) is 0.740. The topological polar surface area (TPSA) is 27.1 Å². The van der Waals surface area contributed by atoms with Crippen LogP contribution in [0.1, 0.15) is 5.56 Å². The van der Waals surface area contributed by atoms with Gasteiger partial charge in [0.1, 0.15) is 0 Å². The number of hydrogen-bond acceptors (Lipinski definition) is 2. The third-order valence-corrected chi connectivity index (χ3v) is 3.27. The van der Waals surface area contributed by atoms with Gasteiger partial charge in [-0.25, -0.2) is 0 Å². The van der Waals surface area contributed by atoms with E-state index in [4.69, 9.17) is 4.74 Å². The Hall–Kier alpha value is -1.21. The summed E-state index contributed by atoms with van der Waals surface area (Å²) < 4.78 is 8.35. The van der Waals surface area contributed by atoms with Gasteiger partial charge in [0.15, 0.2) is 0 Å². The first-order valence-corrected chi connectivity index (χ1v) is 5.91. The number of methoxy groups -OCH3 is 1. The van der Waals surface area contributed by atoms with Crippen LogP contribution in [0.2, 0.25) is 0 Å². The van der Waals surface area contributed by atoms with Crippen molar-refractivity contribution >= 4 is 21.3 Å². The second-order valence-electron chi connectivity index (χ2n) is 3.26. The van der Waals surface area contributed by atoms with Crippen LogP contribution in [0.15, 0.2) is 36.5 Å². The standard InChI is InChI=1S/C11H13AsN2O/c1-15-10-4-2-9(3-5-10)8-14-11(12)6-7-13-14/h2-7H,8,12H2,1H3. The number of hydrogen-bond donors (Lipinski definition) is 0. The van der Waals surface area contributed by atoms with Gasteiger partial charge in [0.05, 0.1) is 0 Å².